The highest BCUT2D eigenvalue weighted by molar-refractivity contribution is 4.86. The molecule has 3 N–H and O–H groups in total. The molecule has 0 aromatic carbocycles. The number of hydrogen-bond acceptors (Lipinski definition) is 2. The Balaban J connectivity index is 4.79. The highest BCUT2D eigenvalue weighted by Crippen LogP contribution is 2.42. The molecule has 0 aliphatic heterocycles. The van der Waals surface area contributed by atoms with E-state index >= 15 is 0 Å². The van der Waals surface area contributed by atoms with Crippen molar-refractivity contribution in [3.63, 3.8) is 0 Å². The van der Waals surface area contributed by atoms with Gasteiger partial charge in [0, 0.05) is 12.5 Å². The molecule has 11 heteroatoms. The Morgan fingerprint density at radius 3 is 1.53 bits per heavy atom. The van der Waals surface area contributed by atoms with Gasteiger partial charge in [0.05, 0.1) is 0 Å². The molecule has 0 saturated carbocycles. The van der Waals surface area contributed by atoms with Gasteiger partial charge in [0.2, 0.25) is 0 Å². The van der Waals surface area contributed by atoms with Crippen LogP contribution in [0, 0.1) is 5.92 Å². The summed E-state index contributed by atoms with van der Waals surface area (Å²) in [6.45, 7) is 0. The van der Waals surface area contributed by atoms with E-state index in [9.17, 15) is 39.5 Å². The molecule has 0 amide bonds. The summed E-state index contributed by atoms with van der Waals surface area (Å²) in [6.07, 6.45) is -19.3. The van der Waals surface area contributed by atoms with Crippen LogP contribution in [0.3, 0.4) is 0 Å². The van der Waals surface area contributed by atoms with E-state index in [2.05, 4.69) is 5.84 Å². The van der Waals surface area contributed by atoms with Crippen LogP contribution in [0.5, 0.6) is 0 Å². The van der Waals surface area contributed by atoms with Gasteiger partial charge >= 0.3 is 18.5 Å². The molecule has 0 fully saturated rings. The van der Waals surface area contributed by atoms with Crippen LogP contribution in [0.2, 0.25) is 0 Å². The topological polar surface area (TPSA) is 38.0 Å². The molecule has 0 spiro atoms. The molecular formula is C8H11F9N2. The summed E-state index contributed by atoms with van der Waals surface area (Å²) in [5, 5.41) is 0. The summed E-state index contributed by atoms with van der Waals surface area (Å²) in [6, 6.07) is -2.36. The van der Waals surface area contributed by atoms with Crippen molar-refractivity contribution in [2.45, 2.75) is 43.8 Å². The number of nitrogens with one attached hydrogen (secondary N) is 1. The normalized spacial score (nSPS) is 15.9. The predicted octanol–water partition coefficient (Wildman–Crippen LogP) is 3.29. The van der Waals surface area contributed by atoms with Gasteiger partial charge < -0.3 is 0 Å². The fraction of sp³-hybridized carbons (Fsp3) is 1.00. The minimum Gasteiger partial charge on any atom is -0.271 e. The van der Waals surface area contributed by atoms with E-state index in [1.807, 2.05) is 0 Å². The van der Waals surface area contributed by atoms with Crippen LogP contribution in [-0.2, 0) is 0 Å². The van der Waals surface area contributed by atoms with Crippen LogP contribution >= 0.6 is 0 Å². The SMILES string of the molecule is NNC(CCCC(F)(F)F)C(C(F)(F)F)C(F)(F)F. The first kappa shape index (κ1) is 18.3. The molecule has 1 unspecified atom stereocenters. The summed E-state index contributed by atoms with van der Waals surface area (Å²) in [5.41, 5.74) is 1.29. The minimum atomic E-state index is -5.65. The van der Waals surface area contributed by atoms with Crippen LogP contribution in [0.15, 0.2) is 0 Å². The summed E-state index contributed by atoms with van der Waals surface area (Å²) < 4.78 is 109. The van der Waals surface area contributed by atoms with Gasteiger partial charge in [-0.05, 0) is 12.8 Å². The maximum atomic E-state index is 12.3. The van der Waals surface area contributed by atoms with Crippen LogP contribution in [0.1, 0.15) is 19.3 Å². The monoisotopic (exact) mass is 306 g/mol. The molecule has 0 aliphatic rings. The average molecular weight is 306 g/mol. The first-order valence-corrected chi connectivity index (χ1v) is 4.95. The second-order valence-electron chi connectivity index (χ2n) is 3.84. The molecule has 0 saturated heterocycles. The number of nitrogens with two attached hydrogens (primary N) is 1. The van der Waals surface area contributed by atoms with Gasteiger partial charge in [-0.15, -0.1) is 0 Å². The second-order valence-corrected chi connectivity index (χ2v) is 3.84. The van der Waals surface area contributed by atoms with E-state index in [-0.39, 0.29) is 0 Å². The van der Waals surface area contributed by atoms with Crippen molar-refractivity contribution in [2.24, 2.45) is 11.8 Å². The predicted molar refractivity (Wildman–Crippen MR) is 46.6 cm³/mol. The van der Waals surface area contributed by atoms with Crippen molar-refractivity contribution in [1.82, 2.24) is 5.43 Å². The molecule has 116 valence electrons. The third kappa shape index (κ3) is 6.85. The van der Waals surface area contributed by atoms with E-state index in [1.54, 1.807) is 0 Å². The Kier molecular flexibility index (Phi) is 5.93. The maximum Gasteiger partial charge on any atom is 0.402 e. The molecule has 0 aromatic heterocycles. The van der Waals surface area contributed by atoms with E-state index < -0.39 is 49.8 Å². The van der Waals surface area contributed by atoms with Gasteiger partial charge in [-0.1, -0.05) is 0 Å². The maximum absolute atomic E-state index is 12.3. The Morgan fingerprint density at radius 2 is 1.26 bits per heavy atom. The molecule has 1 atom stereocenters. The summed E-state index contributed by atoms with van der Waals surface area (Å²) in [5.74, 6) is 0.778. The third-order valence-corrected chi connectivity index (χ3v) is 2.30. The highest BCUT2D eigenvalue weighted by atomic mass is 19.4. The van der Waals surface area contributed by atoms with Gasteiger partial charge in [0.25, 0.3) is 0 Å². The van der Waals surface area contributed by atoms with Crippen molar-refractivity contribution in [2.75, 3.05) is 0 Å². The highest BCUT2D eigenvalue weighted by Gasteiger charge is 2.59. The Bertz CT molecular complexity index is 253. The van der Waals surface area contributed by atoms with Crippen LogP contribution < -0.4 is 11.3 Å². The van der Waals surface area contributed by atoms with Crippen LogP contribution in [0.4, 0.5) is 39.5 Å². The standard InChI is InChI=1S/C8H11F9N2/c9-6(10,11)3-1-2-4(19-18)5(7(12,13)14)8(15,16)17/h4-5,19H,1-3,18H2. The van der Waals surface area contributed by atoms with Crippen LogP contribution in [-0.4, -0.2) is 24.6 Å². The summed E-state index contributed by atoms with van der Waals surface area (Å²) in [4.78, 5) is 0. The van der Waals surface area contributed by atoms with Crippen molar-refractivity contribution in [1.29, 1.82) is 0 Å². The molecule has 0 heterocycles. The zero-order valence-corrected chi connectivity index (χ0v) is 9.26. The lowest BCUT2D eigenvalue weighted by atomic mass is 9.94. The Morgan fingerprint density at radius 1 is 0.842 bits per heavy atom. The van der Waals surface area contributed by atoms with Crippen LogP contribution in [0.25, 0.3) is 0 Å². The zero-order chi connectivity index (χ0) is 15.5. The van der Waals surface area contributed by atoms with E-state index in [4.69, 9.17) is 0 Å². The molecule has 0 radical (unpaired) electrons. The first-order chi connectivity index (χ1) is 8.29. The van der Waals surface area contributed by atoms with E-state index in [0.29, 0.717) is 0 Å². The van der Waals surface area contributed by atoms with Gasteiger partial charge in [-0.25, -0.2) is 0 Å². The fourth-order valence-corrected chi connectivity index (χ4v) is 1.51. The van der Waals surface area contributed by atoms with Gasteiger partial charge in [0.1, 0.15) is 0 Å². The molecule has 19 heavy (non-hydrogen) atoms. The molecule has 0 aromatic rings. The third-order valence-electron chi connectivity index (χ3n) is 2.30. The summed E-state index contributed by atoms with van der Waals surface area (Å²) >= 11 is 0. The van der Waals surface area contributed by atoms with Crippen molar-refractivity contribution in [3.05, 3.63) is 0 Å². The minimum absolute atomic E-state index is 0.888. The lowest BCUT2D eigenvalue weighted by molar-refractivity contribution is -0.292. The van der Waals surface area contributed by atoms with Gasteiger partial charge in [-0.2, -0.15) is 39.5 Å². The zero-order valence-electron chi connectivity index (χ0n) is 9.26. The smallest absolute Gasteiger partial charge is 0.271 e. The lowest BCUT2D eigenvalue weighted by Crippen LogP contribution is -2.53. The first-order valence-electron chi connectivity index (χ1n) is 4.95. The number of hydrogen-bond donors (Lipinski definition) is 2. The quantitative estimate of drug-likeness (QED) is 0.465. The molecule has 0 rings (SSSR count). The van der Waals surface area contributed by atoms with E-state index in [1.165, 1.54) is 5.43 Å². The summed E-state index contributed by atoms with van der Waals surface area (Å²) in [7, 11) is 0. The largest absolute Gasteiger partial charge is 0.402 e. The lowest BCUT2D eigenvalue weighted by Gasteiger charge is -2.30. The van der Waals surface area contributed by atoms with Crippen molar-refractivity contribution < 1.29 is 39.5 Å². The molecule has 0 bridgehead atoms. The number of hydrazine groups is 1. The van der Waals surface area contributed by atoms with Crippen molar-refractivity contribution in [3.8, 4) is 0 Å². The number of rotatable bonds is 5. The molecular weight excluding hydrogens is 295 g/mol. The molecule has 0 aliphatic carbocycles. The van der Waals surface area contributed by atoms with E-state index in [0.717, 1.165) is 0 Å². The van der Waals surface area contributed by atoms with Gasteiger partial charge in [0.15, 0.2) is 5.92 Å². The number of halogens is 9. The Labute approximate surface area is 102 Å². The molecule has 2 nitrogen and oxygen atoms in total. The average Bonchev–Trinajstić information content (AvgIpc) is 2.09. The fourth-order valence-electron chi connectivity index (χ4n) is 1.51. The van der Waals surface area contributed by atoms with Gasteiger partial charge in [-0.3, -0.25) is 11.3 Å². The number of alkyl halides is 9. The Hall–Kier alpha value is -0.710. The second kappa shape index (κ2) is 6.16. The van der Waals surface area contributed by atoms with Crippen molar-refractivity contribution >= 4 is 0 Å².